The molecule has 2 nitrogen and oxygen atoms in total. The Labute approximate surface area is 72.0 Å². The zero-order valence-corrected chi connectivity index (χ0v) is 7.33. The summed E-state index contributed by atoms with van der Waals surface area (Å²) >= 11 is 0. The van der Waals surface area contributed by atoms with Crippen molar-refractivity contribution in [3.05, 3.63) is 22.8 Å². The third-order valence-corrected chi connectivity index (χ3v) is 2.31. The van der Waals surface area contributed by atoms with Gasteiger partial charge in [0.15, 0.2) is 0 Å². The van der Waals surface area contributed by atoms with Gasteiger partial charge in [-0.05, 0) is 25.8 Å². The van der Waals surface area contributed by atoms with E-state index in [0.29, 0.717) is 5.57 Å². The Balaban J connectivity index is 3.00. The Bertz CT molecular complexity index is 272. The van der Waals surface area contributed by atoms with Crippen LogP contribution in [-0.4, -0.2) is 12.6 Å². The number of aldehydes is 2. The first kappa shape index (κ1) is 8.91. The highest BCUT2D eigenvalue weighted by molar-refractivity contribution is 5.82. The number of carbonyl (C=O) groups is 2. The summed E-state index contributed by atoms with van der Waals surface area (Å²) in [6.07, 6.45) is 4.20. The lowest BCUT2D eigenvalue weighted by atomic mass is 9.87. The molecule has 0 N–H and O–H groups in total. The second-order valence-electron chi connectivity index (χ2n) is 3.15. The minimum Gasteiger partial charge on any atom is -0.303 e. The van der Waals surface area contributed by atoms with Crippen molar-refractivity contribution in [1.82, 2.24) is 0 Å². The molecule has 1 atom stereocenters. The number of carbonyl (C=O) groups excluding carboxylic acids is 2. The molecule has 64 valence electrons. The second-order valence-corrected chi connectivity index (χ2v) is 3.15. The number of rotatable bonds is 2. The van der Waals surface area contributed by atoms with Gasteiger partial charge in [0.1, 0.15) is 12.6 Å². The molecule has 12 heavy (non-hydrogen) atoms. The van der Waals surface area contributed by atoms with Crippen LogP contribution in [0.25, 0.3) is 0 Å². The van der Waals surface area contributed by atoms with Crippen LogP contribution in [0.5, 0.6) is 0 Å². The topological polar surface area (TPSA) is 34.1 Å². The van der Waals surface area contributed by atoms with Gasteiger partial charge in [-0.3, -0.25) is 4.79 Å². The van der Waals surface area contributed by atoms with Gasteiger partial charge in [0.2, 0.25) is 0 Å². The molecule has 0 aromatic heterocycles. The highest BCUT2D eigenvalue weighted by Gasteiger charge is 2.15. The van der Waals surface area contributed by atoms with E-state index < -0.39 is 0 Å². The maximum Gasteiger partial charge on any atom is 0.150 e. The molecular weight excluding hydrogens is 152 g/mol. The Kier molecular flexibility index (Phi) is 2.58. The summed E-state index contributed by atoms with van der Waals surface area (Å²) in [6.45, 7) is 3.87. The Morgan fingerprint density at radius 2 is 2.08 bits per heavy atom. The van der Waals surface area contributed by atoms with Crippen LogP contribution in [0.3, 0.4) is 0 Å². The van der Waals surface area contributed by atoms with E-state index in [1.807, 2.05) is 13.8 Å². The van der Waals surface area contributed by atoms with Crippen molar-refractivity contribution in [2.75, 3.05) is 0 Å². The number of hydrogen-bond acceptors (Lipinski definition) is 2. The van der Waals surface area contributed by atoms with E-state index in [-0.39, 0.29) is 5.92 Å². The van der Waals surface area contributed by atoms with Crippen molar-refractivity contribution in [3.8, 4) is 0 Å². The van der Waals surface area contributed by atoms with Gasteiger partial charge >= 0.3 is 0 Å². The van der Waals surface area contributed by atoms with Crippen molar-refractivity contribution in [2.45, 2.75) is 20.3 Å². The molecule has 0 saturated heterocycles. The second kappa shape index (κ2) is 3.48. The Morgan fingerprint density at radius 1 is 1.42 bits per heavy atom. The molecule has 0 aromatic carbocycles. The fraction of sp³-hybridized carbons (Fsp3) is 0.400. The van der Waals surface area contributed by atoms with E-state index in [2.05, 4.69) is 0 Å². The van der Waals surface area contributed by atoms with Crippen molar-refractivity contribution < 1.29 is 9.59 Å². The maximum absolute atomic E-state index is 10.6. The summed E-state index contributed by atoms with van der Waals surface area (Å²) in [5.41, 5.74) is 2.82. The summed E-state index contributed by atoms with van der Waals surface area (Å²) in [5.74, 6) is -0.103. The monoisotopic (exact) mass is 164 g/mol. The van der Waals surface area contributed by atoms with Gasteiger partial charge in [0.05, 0.1) is 0 Å². The summed E-state index contributed by atoms with van der Waals surface area (Å²) in [4.78, 5) is 21.0. The zero-order valence-electron chi connectivity index (χ0n) is 7.33. The molecule has 0 aliphatic heterocycles. The molecule has 1 aliphatic rings. The van der Waals surface area contributed by atoms with Crippen molar-refractivity contribution in [1.29, 1.82) is 0 Å². The molecule has 0 bridgehead atoms. The van der Waals surface area contributed by atoms with Crippen molar-refractivity contribution in [2.24, 2.45) is 5.92 Å². The Morgan fingerprint density at radius 3 is 2.58 bits per heavy atom. The lowest BCUT2D eigenvalue weighted by Crippen LogP contribution is -2.08. The average Bonchev–Trinajstić information content (AvgIpc) is 2.09. The van der Waals surface area contributed by atoms with E-state index in [9.17, 15) is 9.59 Å². The van der Waals surface area contributed by atoms with Crippen LogP contribution in [0.2, 0.25) is 0 Å². The van der Waals surface area contributed by atoms with Gasteiger partial charge in [-0.2, -0.15) is 0 Å². The standard InChI is InChI=1S/C10H12O2/c1-7-3-9(5-11)4-10(6-12)8(7)2/h4-6,9H,3H2,1-2H3. The van der Waals surface area contributed by atoms with E-state index in [1.165, 1.54) is 0 Å². The molecule has 0 fully saturated rings. The SMILES string of the molecule is CC1=C(C)C(C=O)=CC(C=O)C1. The molecule has 0 aromatic rings. The lowest BCUT2D eigenvalue weighted by Gasteiger charge is -2.16. The first-order valence-corrected chi connectivity index (χ1v) is 3.98. The van der Waals surface area contributed by atoms with Gasteiger partial charge in [0, 0.05) is 11.5 Å². The first-order valence-electron chi connectivity index (χ1n) is 3.98. The largest absolute Gasteiger partial charge is 0.303 e. The van der Waals surface area contributed by atoms with Crippen LogP contribution in [0, 0.1) is 5.92 Å². The van der Waals surface area contributed by atoms with Crippen LogP contribution in [0.1, 0.15) is 20.3 Å². The fourth-order valence-electron chi connectivity index (χ4n) is 1.38. The molecule has 1 aliphatic carbocycles. The minimum atomic E-state index is -0.103. The highest BCUT2D eigenvalue weighted by Crippen LogP contribution is 2.26. The Hall–Kier alpha value is -1.18. The zero-order chi connectivity index (χ0) is 9.14. The number of hydrogen-bond donors (Lipinski definition) is 0. The number of allylic oxidation sites excluding steroid dienone is 4. The fourth-order valence-corrected chi connectivity index (χ4v) is 1.38. The average molecular weight is 164 g/mol. The molecule has 0 spiro atoms. The van der Waals surface area contributed by atoms with E-state index in [4.69, 9.17) is 0 Å². The van der Waals surface area contributed by atoms with Gasteiger partial charge in [-0.25, -0.2) is 0 Å². The van der Waals surface area contributed by atoms with Gasteiger partial charge in [0.25, 0.3) is 0 Å². The van der Waals surface area contributed by atoms with Crippen molar-refractivity contribution in [3.63, 3.8) is 0 Å². The van der Waals surface area contributed by atoms with Crippen LogP contribution in [0.15, 0.2) is 22.8 Å². The molecule has 0 amide bonds. The predicted molar refractivity (Wildman–Crippen MR) is 46.7 cm³/mol. The molecule has 0 radical (unpaired) electrons. The molecule has 2 heteroatoms. The van der Waals surface area contributed by atoms with Gasteiger partial charge in [-0.1, -0.05) is 11.6 Å². The molecule has 1 unspecified atom stereocenters. The normalized spacial score (nSPS) is 23.5. The van der Waals surface area contributed by atoms with Gasteiger partial charge in [-0.15, -0.1) is 0 Å². The lowest BCUT2D eigenvalue weighted by molar-refractivity contribution is -0.109. The van der Waals surface area contributed by atoms with Crippen LogP contribution < -0.4 is 0 Å². The molecular formula is C10H12O2. The summed E-state index contributed by atoms with van der Waals surface area (Å²) in [7, 11) is 0. The highest BCUT2D eigenvalue weighted by atomic mass is 16.1. The van der Waals surface area contributed by atoms with Gasteiger partial charge < -0.3 is 4.79 Å². The predicted octanol–water partition coefficient (Wildman–Crippen LogP) is 1.67. The molecule has 0 saturated carbocycles. The smallest absolute Gasteiger partial charge is 0.150 e. The summed E-state index contributed by atoms with van der Waals surface area (Å²) in [6, 6.07) is 0. The quantitative estimate of drug-likeness (QED) is 0.582. The van der Waals surface area contributed by atoms with E-state index in [1.54, 1.807) is 6.08 Å². The first-order chi connectivity index (χ1) is 5.69. The van der Waals surface area contributed by atoms with Crippen LogP contribution in [-0.2, 0) is 9.59 Å². The molecule has 0 heterocycles. The van der Waals surface area contributed by atoms with E-state index >= 15 is 0 Å². The molecule has 1 rings (SSSR count). The van der Waals surface area contributed by atoms with E-state index in [0.717, 1.165) is 30.1 Å². The summed E-state index contributed by atoms with van der Waals surface area (Å²) < 4.78 is 0. The van der Waals surface area contributed by atoms with Crippen molar-refractivity contribution >= 4 is 12.6 Å². The van der Waals surface area contributed by atoms with Crippen LogP contribution in [0.4, 0.5) is 0 Å². The van der Waals surface area contributed by atoms with Crippen LogP contribution >= 0.6 is 0 Å². The third kappa shape index (κ3) is 1.52. The minimum absolute atomic E-state index is 0.103. The summed E-state index contributed by atoms with van der Waals surface area (Å²) in [5, 5.41) is 0. The maximum atomic E-state index is 10.6. The third-order valence-electron chi connectivity index (χ3n) is 2.31.